The zero-order chi connectivity index (χ0) is 26.3. The Balaban J connectivity index is 1.25. The van der Waals surface area contributed by atoms with Gasteiger partial charge in [0.2, 0.25) is 6.79 Å². The van der Waals surface area contributed by atoms with Crippen molar-refractivity contribution in [3.8, 4) is 51.2 Å². The molecule has 2 N–H and O–H groups in total. The standard InChI is InChI=1S/C28H24N8O3/c1-36(2)9-10-37-18-11-17(13-29-14-18)20-4-5-21-25(31-20)26(35-34-21)28-32-24-19(7-8-30-27(24)33-28)16-3-6-22-23(12-16)39-15-38-22/h3-8,11-14H,9-10,15H2,1-2H3,(H,34,35)(H,30,32,33). The lowest BCUT2D eigenvalue weighted by Gasteiger charge is -2.11. The molecule has 1 aliphatic heterocycles. The number of aromatic nitrogens is 7. The zero-order valence-electron chi connectivity index (χ0n) is 21.3. The van der Waals surface area contributed by atoms with Gasteiger partial charge in [0.1, 0.15) is 17.9 Å². The lowest BCUT2D eigenvalue weighted by atomic mass is 10.1. The van der Waals surface area contributed by atoms with Gasteiger partial charge in [-0.05, 0) is 56.1 Å². The van der Waals surface area contributed by atoms with E-state index in [2.05, 4.69) is 30.0 Å². The number of nitrogens with zero attached hydrogens (tertiary/aromatic N) is 6. The smallest absolute Gasteiger partial charge is 0.231 e. The molecule has 0 atom stereocenters. The Morgan fingerprint density at radius 2 is 1.90 bits per heavy atom. The molecule has 0 radical (unpaired) electrons. The van der Waals surface area contributed by atoms with Crippen LogP contribution in [0.4, 0.5) is 0 Å². The number of pyridine rings is 3. The first-order valence-electron chi connectivity index (χ1n) is 12.5. The molecule has 5 aromatic heterocycles. The van der Waals surface area contributed by atoms with Crippen molar-refractivity contribution < 1.29 is 14.2 Å². The number of likely N-dealkylation sites (N-methyl/N-ethyl adjacent to an activating group) is 1. The molecule has 194 valence electrons. The summed E-state index contributed by atoms with van der Waals surface area (Å²) in [5.74, 6) is 2.72. The first-order chi connectivity index (χ1) is 19.1. The first kappa shape index (κ1) is 23.1. The summed E-state index contributed by atoms with van der Waals surface area (Å²) in [7, 11) is 4.02. The van der Waals surface area contributed by atoms with Crippen molar-refractivity contribution in [2.45, 2.75) is 0 Å². The SMILES string of the molecule is CN(C)CCOc1cncc(-c2ccc3[nH]nc(-c4nc5nccc(-c6ccc7c(c6)OCO7)c5[nH]4)c3n2)c1. The molecule has 6 aromatic rings. The summed E-state index contributed by atoms with van der Waals surface area (Å²) in [6.07, 6.45) is 5.22. The fourth-order valence-electron chi connectivity index (χ4n) is 4.54. The first-order valence-corrected chi connectivity index (χ1v) is 12.5. The number of ether oxygens (including phenoxy) is 3. The van der Waals surface area contributed by atoms with E-state index in [-0.39, 0.29) is 6.79 Å². The van der Waals surface area contributed by atoms with Gasteiger partial charge in [-0.25, -0.2) is 15.0 Å². The van der Waals surface area contributed by atoms with Crippen LogP contribution in [0.3, 0.4) is 0 Å². The number of hydrogen-bond acceptors (Lipinski definition) is 9. The van der Waals surface area contributed by atoms with E-state index in [0.29, 0.717) is 40.8 Å². The predicted molar refractivity (Wildman–Crippen MR) is 146 cm³/mol. The molecule has 7 rings (SSSR count). The molecule has 0 unspecified atom stereocenters. The van der Waals surface area contributed by atoms with E-state index in [0.717, 1.165) is 45.7 Å². The van der Waals surface area contributed by atoms with Gasteiger partial charge in [0.15, 0.2) is 28.7 Å². The Morgan fingerprint density at radius 3 is 2.82 bits per heavy atom. The minimum Gasteiger partial charge on any atom is -0.491 e. The van der Waals surface area contributed by atoms with E-state index < -0.39 is 0 Å². The molecule has 0 bridgehead atoms. The van der Waals surface area contributed by atoms with Crippen LogP contribution in [0.25, 0.3) is 56.1 Å². The Morgan fingerprint density at radius 1 is 0.974 bits per heavy atom. The van der Waals surface area contributed by atoms with Gasteiger partial charge in [0.05, 0.1) is 22.9 Å². The van der Waals surface area contributed by atoms with Crippen LogP contribution >= 0.6 is 0 Å². The second-order valence-corrected chi connectivity index (χ2v) is 9.44. The molecule has 11 heteroatoms. The summed E-state index contributed by atoms with van der Waals surface area (Å²) < 4.78 is 16.9. The van der Waals surface area contributed by atoms with Gasteiger partial charge in [-0.1, -0.05) is 6.07 Å². The van der Waals surface area contributed by atoms with Crippen LogP contribution in [0.2, 0.25) is 0 Å². The average Bonchev–Trinajstić information content (AvgIpc) is 3.69. The summed E-state index contributed by atoms with van der Waals surface area (Å²) in [5, 5.41) is 7.60. The highest BCUT2D eigenvalue weighted by atomic mass is 16.7. The number of aromatic amines is 2. The second-order valence-electron chi connectivity index (χ2n) is 9.44. The number of rotatable bonds is 7. The van der Waals surface area contributed by atoms with Gasteiger partial charge in [-0.15, -0.1) is 0 Å². The van der Waals surface area contributed by atoms with Crippen molar-refractivity contribution in [3.05, 3.63) is 61.1 Å². The third-order valence-corrected chi connectivity index (χ3v) is 6.52. The molecule has 39 heavy (non-hydrogen) atoms. The van der Waals surface area contributed by atoms with Crippen molar-refractivity contribution in [2.24, 2.45) is 0 Å². The summed E-state index contributed by atoms with van der Waals surface area (Å²) in [6, 6.07) is 13.6. The minimum absolute atomic E-state index is 0.226. The van der Waals surface area contributed by atoms with Crippen molar-refractivity contribution in [1.29, 1.82) is 0 Å². The van der Waals surface area contributed by atoms with Gasteiger partial charge < -0.3 is 24.1 Å². The van der Waals surface area contributed by atoms with Crippen LogP contribution in [-0.2, 0) is 0 Å². The van der Waals surface area contributed by atoms with Gasteiger partial charge in [0.25, 0.3) is 0 Å². The van der Waals surface area contributed by atoms with E-state index in [1.165, 1.54) is 0 Å². The summed E-state index contributed by atoms with van der Waals surface area (Å²) >= 11 is 0. The predicted octanol–water partition coefficient (Wildman–Crippen LogP) is 4.29. The van der Waals surface area contributed by atoms with E-state index in [4.69, 9.17) is 24.2 Å². The quantitative estimate of drug-likeness (QED) is 0.317. The van der Waals surface area contributed by atoms with Gasteiger partial charge in [-0.2, -0.15) is 5.10 Å². The number of hydrogen-bond donors (Lipinski definition) is 2. The number of nitrogens with one attached hydrogen (secondary N) is 2. The molecular formula is C28H24N8O3. The lowest BCUT2D eigenvalue weighted by molar-refractivity contribution is 0.174. The molecule has 1 aliphatic rings. The summed E-state index contributed by atoms with van der Waals surface area (Å²) in [6.45, 7) is 1.62. The minimum atomic E-state index is 0.226. The number of fused-ring (bicyclic) bond motifs is 3. The van der Waals surface area contributed by atoms with E-state index in [1.807, 2.05) is 56.6 Å². The molecule has 11 nitrogen and oxygen atoms in total. The molecule has 0 saturated heterocycles. The number of imidazole rings is 1. The Kier molecular flexibility index (Phi) is 5.55. The molecule has 0 spiro atoms. The van der Waals surface area contributed by atoms with Gasteiger partial charge in [-0.3, -0.25) is 10.1 Å². The van der Waals surface area contributed by atoms with Crippen molar-refractivity contribution in [2.75, 3.05) is 34.0 Å². The van der Waals surface area contributed by atoms with Crippen LogP contribution in [-0.4, -0.2) is 74.1 Å². The maximum Gasteiger partial charge on any atom is 0.231 e. The molecule has 0 saturated carbocycles. The molecule has 0 aliphatic carbocycles. The monoisotopic (exact) mass is 520 g/mol. The maximum absolute atomic E-state index is 5.86. The van der Waals surface area contributed by atoms with E-state index >= 15 is 0 Å². The maximum atomic E-state index is 5.86. The third-order valence-electron chi connectivity index (χ3n) is 6.52. The molecular weight excluding hydrogens is 496 g/mol. The highest BCUT2D eigenvalue weighted by Gasteiger charge is 2.19. The molecule has 0 amide bonds. The number of benzene rings is 1. The molecule has 1 aromatic carbocycles. The van der Waals surface area contributed by atoms with Crippen LogP contribution in [0.15, 0.2) is 61.1 Å². The fourth-order valence-corrected chi connectivity index (χ4v) is 4.54. The van der Waals surface area contributed by atoms with E-state index in [1.54, 1.807) is 18.6 Å². The molecule has 6 heterocycles. The Labute approximate surface area is 222 Å². The highest BCUT2D eigenvalue weighted by molar-refractivity contribution is 5.95. The lowest BCUT2D eigenvalue weighted by Crippen LogP contribution is -2.19. The second kappa shape index (κ2) is 9.37. The van der Waals surface area contributed by atoms with Crippen molar-refractivity contribution >= 4 is 22.2 Å². The van der Waals surface area contributed by atoms with Crippen molar-refractivity contribution in [3.63, 3.8) is 0 Å². The van der Waals surface area contributed by atoms with E-state index in [9.17, 15) is 0 Å². The molecule has 0 fully saturated rings. The van der Waals surface area contributed by atoms with Gasteiger partial charge >= 0.3 is 0 Å². The Bertz CT molecular complexity index is 1830. The summed E-state index contributed by atoms with van der Waals surface area (Å²) in [5.41, 5.74) is 6.99. The largest absolute Gasteiger partial charge is 0.491 e. The number of H-pyrrole nitrogens is 2. The topological polar surface area (TPSA) is 127 Å². The van der Waals surface area contributed by atoms with Crippen LogP contribution in [0.5, 0.6) is 17.2 Å². The average molecular weight is 521 g/mol. The summed E-state index contributed by atoms with van der Waals surface area (Å²) in [4.78, 5) is 24.0. The van der Waals surface area contributed by atoms with Crippen LogP contribution in [0.1, 0.15) is 0 Å². The Hall–Kier alpha value is -5.03. The zero-order valence-corrected chi connectivity index (χ0v) is 21.3. The normalized spacial score (nSPS) is 12.6. The fraction of sp³-hybridized carbons (Fsp3) is 0.179. The van der Waals surface area contributed by atoms with Crippen LogP contribution < -0.4 is 14.2 Å². The van der Waals surface area contributed by atoms with Crippen molar-refractivity contribution in [1.82, 2.24) is 40.0 Å². The van der Waals surface area contributed by atoms with Crippen LogP contribution in [0, 0.1) is 0 Å². The van der Waals surface area contributed by atoms with Gasteiger partial charge in [0, 0.05) is 30.1 Å². The highest BCUT2D eigenvalue weighted by Crippen LogP contribution is 2.38. The third kappa shape index (κ3) is 4.28.